The third kappa shape index (κ3) is 1.69. The Kier molecular flexibility index (Phi) is 2.31. The van der Waals surface area contributed by atoms with Crippen LogP contribution < -0.4 is 5.32 Å². The van der Waals surface area contributed by atoms with Gasteiger partial charge in [0.2, 0.25) is 0 Å². The van der Waals surface area contributed by atoms with Crippen LogP contribution in [0.4, 0.5) is 0 Å². The van der Waals surface area contributed by atoms with Crippen LogP contribution in [0.15, 0.2) is 10.9 Å². The Bertz CT molecular complexity index is 433. The first-order valence-electron chi connectivity index (χ1n) is 6.93. The van der Waals surface area contributed by atoms with Gasteiger partial charge < -0.3 is 5.32 Å². The maximum absolute atomic E-state index is 12.2. The molecule has 0 radical (unpaired) electrons. The highest BCUT2D eigenvalue weighted by Gasteiger charge is 2.51. The predicted molar refractivity (Wildman–Crippen MR) is 70.5 cm³/mol. The number of carbonyl (C=O) groups excluding carboxylic acids is 1. The Morgan fingerprint density at radius 2 is 1.83 bits per heavy atom. The molecule has 1 amide bonds. The van der Waals surface area contributed by atoms with Gasteiger partial charge >= 0.3 is 0 Å². The van der Waals surface area contributed by atoms with Gasteiger partial charge in [-0.05, 0) is 56.3 Å². The molecular formula is C14H18N2OS. The van der Waals surface area contributed by atoms with Crippen molar-refractivity contribution in [1.29, 1.82) is 0 Å². The summed E-state index contributed by atoms with van der Waals surface area (Å²) in [5.74, 6) is 2.64. The van der Waals surface area contributed by atoms with E-state index < -0.39 is 0 Å². The summed E-state index contributed by atoms with van der Waals surface area (Å²) in [4.78, 5) is 16.3. The summed E-state index contributed by atoms with van der Waals surface area (Å²) in [6, 6.07) is 0. The van der Waals surface area contributed by atoms with E-state index in [1.54, 1.807) is 5.51 Å². The lowest BCUT2D eigenvalue weighted by molar-refractivity contribution is -0.0167. The van der Waals surface area contributed by atoms with Crippen LogP contribution in [0.2, 0.25) is 0 Å². The third-order valence-electron chi connectivity index (χ3n) is 5.08. The van der Waals surface area contributed by atoms with E-state index in [4.69, 9.17) is 0 Å². The normalized spacial score (nSPS) is 41.0. The monoisotopic (exact) mass is 262 g/mol. The van der Waals surface area contributed by atoms with E-state index in [0.29, 0.717) is 5.69 Å². The molecule has 1 heterocycles. The van der Waals surface area contributed by atoms with Gasteiger partial charge in [0.05, 0.1) is 5.51 Å². The highest BCUT2D eigenvalue weighted by Crippen LogP contribution is 2.55. The molecule has 3 nitrogen and oxygen atoms in total. The number of nitrogens with one attached hydrogen (secondary N) is 1. The molecule has 18 heavy (non-hydrogen) atoms. The summed E-state index contributed by atoms with van der Waals surface area (Å²) < 4.78 is 0. The number of aromatic nitrogens is 1. The van der Waals surface area contributed by atoms with E-state index in [2.05, 4.69) is 10.3 Å². The molecule has 0 saturated heterocycles. The maximum Gasteiger partial charge on any atom is 0.271 e. The van der Waals surface area contributed by atoms with Gasteiger partial charge in [-0.15, -0.1) is 11.3 Å². The summed E-state index contributed by atoms with van der Waals surface area (Å²) in [6.07, 6.45) is 7.84. The molecule has 0 aromatic carbocycles. The van der Waals surface area contributed by atoms with Gasteiger partial charge in [-0.3, -0.25) is 4.79 Å². The minimum absolute atomic E-state index is 0.0400. The van der Waals surface area contributed by atoms with Gasteiger partial charge in [-0.1, -0.05) is 0 Å². The second-order valence-electron chi connectivity index (χ2n) is 6.53. The van der Waals surface area contributed by atoms with Crippen LogP contribution in [0.5, 0.6) is 0 Å². The number of hydrogen-bond donors (Lipinski definition) is 1. The third-order valence-corrected chi connectivity index (χ3v) is 5.67. The molecule has 4 heteroatoms. The van der Waals surface area contributed by atoms with Crippen molar-refractivity contribution in [3.63, 3.8) is 0 Å². The van der Waals surface area contributed by atoms with E-state index >= 15 is 0 Å². The van der Waals surface area contributed by atoms with Crippen molar-refractivity contribution in [2.45, 2.75) is 44.1 Å². The molecule has 4 aliphatic rings. The van der Waals surface area contributed by atoms with Crippen molar-refractivity contribution in [3.8, 4) is 0 Å². The van der Waals surface area contributed by atoms with Crippen molar-refractivity contribution in [2.24, 2.45) is 17.8 Å². The summed E-state index contributed by atoms with van der Waals surface area (Å²) in [6.45, 7) is 0. The quantitative estimate of drug-likeness (QED) is 0.890. The van der Waals surface area contributed by atoms with E-state index in [9.17, 15) is 4.79 Å². The number of rotatable bonds is 2. The van der Waals surface area contributed by atoms with Gasteiger partial charge in [0, 0.05) is 10.9 Å². The van der Waals surface area contributed by atoms with Crippen molar-refractivity contribution < 1.29 is 4.79 Å². The van der Waals surface area contributed by atoms with E-state index in [1.165, 1.54) is 49.9 Å². The lowest BCUT2D eigenvalue weighted by Gasteiger charge is -2.56. The Labute approximate surface area is 111 Å². The molecule has 1 aromatic heterocycles. The number of thiazole rings is 1. The summed E-state index contributed by atoms with van der Waals surface area (Å²) in [5.41, 5.74) is 2.43. The Hall–Kier alpha value is -0.900. The van der Waals surface area contributed by atoms with Crippen LogP contribution in [0.25, 0.3) is 0 Å². The van der Waals surface area contributed by atoms with Crippen molar-refractivity contribution in [3.05, 3.63) is 16.6 Å². The second-order valence-corrected chi connectivity index (χ2v) is 7.24. The molecule has 1 aromatic rings. The van der Waals surface area contributed by atoms with Crippen LogP contribution in [-0.2, 0) is 0 Å². The molecule has 4 saturated carbocycles. The summed E-state index contributed by atoms with van der Waals surface area (Å²) in [5, 5.41) is 5.18. The smallest absolute Gasteiger partial charge is 0.271 e. The molecule has 4 fully saturated rings. The molecule has 5 rings (SSSR count). The molecule has 0 spiro atoms. The first-order chi connectivity index (χ1) is 8.72. The lowest BCUT2D eigenvalue weighted by atomic mass is 9.53. The Morgan fingerprint density at radius 1 is 1.22 bits per heavy atom. The molecule has 4 aliphatic carbocycles. The highest BCUT2D eigenvalue weighted by molar-refractivity contribution is 7.07. The van der Waals surface area contributed by atoms with E-state index in [0.717, 1.165) is 17.8 Å². The largest absolute Gasteiger partial charge is 0.345 e. The molecule has 0 unspecified atom stereocenters. The minimum atomic E-state index is 0.0400. The van der Waals surface area contributed by atoms with Gasteiger partial charge in [0.25, 0.3) is 5.91 Å². The van der Waals surface area contributed by atoms with Crippen LogP contribution in [0, 0.1) is 17.8 Å². The zero-order chi connectivity index (χ0) is 12.2. The summed E-state index contributed by atoms with van der Waals surface area (Å²) in [7, 11) is 0. The van der Waals surface area contributed by atoms with E-state index in [-0.39, 0.29) is 11.4 Å². The lowest BCUT2D eigenvalue weighted by Crippen LogP contribution is -2.59. The number of carbonyl (C=O) groups is 1. The van der Waals surface area contributed by atoms with Gasteiger partial charge in [0.15, 0.2) is 0 Å². The molecule has 0 aliphatic heterocycles. The van der Waals surface area contributed by atoms with Crippen molar-refractivity contribution >= 4 is 17.2 Å². The Morgan fingerprint density at radius 3 is 2.33 bits per heavy atom. The fourth-order valence-corrected chi connectivity index (χ4v) is 5.43. The standard InChI is InChI=1S/C14H18N2OS/c17-13(12-7-18-8-15-12)16-14-4-9-1-10(5-14)3-11(2-9)6-14/h7-11H,1-6H2,(H,16,17). The Balaban J connectivity index is 1.56. The number of amides is 1. The van der Waals surface area contributed by atoms with Crippen molar-refractivity contribution in [2.75, 3.05) is 0 Å². The first-order valence-corrected chi connectivity index (χ1v) is 7.87. The molecule has 1 N–H and O–H groups in total. The molecular weight excluding hydrogens is 244 g/mol. The van der Waals surface area contributed by atoms with Crippen LogP contribution in [-0.4, -0.2) is 16.4 Å². The molecule has 0 atom stereocenters. The zero-order valence-electron chi connectivity index (χ0n) is 10.4. The van der Waals surface area contributed by atoms with Gasteiger partial charge in [0.1, 0.15) is 5.69 Å². The number of hydrogen-bond acceptors (Lipinski definition) is 3. The fourth-order valence-electron chi connectivity index (χ4n) is 4.89. The summed E-state index contributed by atoms with van der Waals surface area (Å²) >= 11 is 1.49. The fraction of sp³-hybridized carbons (Fsp3) is 0.714. The topological polar surface area (TPSA) is 42.0 Å². The van der Waals surface area contributed by atoms with Crippen molar-refractivity contribution in [1.82, 2.24) is 10.3 Å². The first kappa shape index (κ1) is 11.0. The highest BCUT2D eigenvalue weighted by atomic mass is 32.1. The van der Waals surface area contributed by atoms with Crippen LogP contribution in [0.1, 0.15) is 49.0 Å². The molecule has 96 valence electrons. The zero-order valence-corrected chi connectivity index (χ0v) is 11.2. The van der Waals surface area contributed by atoms with Gasteiger partial charge in [-0.2, -0.15) is 0 Å². The molecule has 4 bridgehead atoms. The van der Waals surface area contributed by atoms with Gasteiger partial charge in [-0.25, -0.2) is 4.98 Å². The predicted octanol–water partition coefficient (Wildman–Crippen LogP) is 2.84. The maximum atomic E-state index is 12.2. The van der Waals surface area contributed by atoms with Crippen LogP contribution in [0.3, 0.4) is 0 Å². The minimum Gasteiger partial charge on any atom is -0.345 e. The second kappa shape index (κ2) is 3.80. The van der Waals surface area contributed by atoms with Crippen LogP contribution >= 0.6 is 11.3 Å². The van der Waals surface area contributed by atoms with E-state index in [1.807, 2.05) is 5.38 Å². The number of nitrogens with zero attached hydrogens (tertiary/aromatic N) is 1. The average Bonchev–Trinajstić information content (AvgIpc) is 2.79. The SMILES string of the molecule is O=C(NC12CC3CC(CC(C3)C1)C2)c1cscn1. The average molecular weight is 262 g/mol.